The number of guanidine groups is 1. The van der Waals surface area contributed by atoms with Crippen LogP contribution in [0.1, 0.15) is 24.1 Å². The van der Waals surface area contributed by atoms with Gasteiger partial charge in [0.2, 0.25) is 5.89 Å². The van der Waals surface area contributed by atoms with Crippen molar-refractivity contribution < 1.29 is 9.15 Å². The van der Waals surface area contributed by atoms with E-state index in [-0.39, 0.29) is 5.41 Å². The first-order chi connectivity index (χ1) is 15.2. The molecule has 1 fully saturated rings. The summed E-state index contributed by atoms with van der Waals surface area (Å²) < 4.78 is 11.2. The monoisotopic (exact) mass is 438 g/mol. The highest BCUT2D eigenvalue weighted by Crippen LogP contribution is 2.35. The van der Waals surface area contributed by atoms with Crippen molar-refractivity contribution in [1.82, 2.24) is 15.6 Å². The van der Waals surface area contributed by atoms with E-state index in [1.54, 1.807) is 13.3 Å². The van der Waals surface area contributed by atoms with E-state index < -0.39 is 0 Å². The van der Waals surface area contributed by atoms with Crippen LogP contribution in [-0.4, -0.2) is 37.7 Å². The van der Waals surface area contributed by atoms with Gasteiger partial charge in [-0.05, 0) is 42.7 Å². The average molecular weight is 439 g/mol. The number of halogens is 1. The number of benzene rings is 2. The SMILES string of the molecule is CN=C(NCc1coc(-c2ccccc2)n1)NCC1(c2cccc(Cl)c2)CCOCC1. The fourth-order valence-electron chi connectivity index (χ4n) is 3.90. The summed E-state index contributed by atoms with van der Waals surface area (Å²) in [5.74, 6) is 1.33. The smallest absolute Gasteiger partial charge is 0.226 e. The Morgan fingerprint density at radius 3 is 2.65 bits per heavy atom. The summed E-state index contributed by atoms with van der Waals surface area (Å²) in [5, 5.41) is 7.57. The van der Waals surface area contributed by atoms with Gasteiger partial charge in [0.25, 0.3) is 0 Å². The maximum Gasteiger partial charge on any atom is 0.226 e. The fraction of sp³-hybridized carbons (Fsp3) is 0.333. The van der Waals surface area contributed by atoms with Gasteiger partial charge < -0.3 is 19.8 Å². The summed E-state index contributed by atoms with van der Waals surface area (Å²) in [7, 11) is 1.77. The van der Waals surface area contributed by atoms with Gasteiger partial charge in [0.1, 0.15) is 6.26 Å². The summed E-state index contributed by atoms with van der Waals surface area (Å²) in [6.45, 7) is 2.73. The fourth-order valence-corrected chi connectivity index (χ4v) is 4.09. The predicted octanol–water partition coefficient (Wildman–Crippen LogP) is 4.41. The summed E-state index contributed by atoms with van der Waals surface area (Å²) in [6, 6.07) is 18.0. The van der Waals surface area contributed by atoms with Crippen molar-refractivity contribution in [3.63, 3.8) is 0 Å². The maximum atomic E-state index is 6.28. The van der Waals surface area contributed by atoms with Crippen LogP contribution >= 0.6 is 11.6 Å². The molecule has 0 radical (unpaired) electrons. The number of rotatable bonds is 6. The summed E-state index contributed by atoms with van der Waals surface area (Å²) in [6.07, 6.45) is 3.54. The van der Waals surface area contributed by atoms with Crippen LogP contribution in [0.25, 0.3) is 11.5 Å². The molecule has 1 aliphatic rings. The molecule has 0 aliphatic carbocycles. The van der Waals surface area contributed by atoms with Crippen molar-refractivity contribution in [3.05, 3.63) is 77.1 Å². The lowest BCUT2D eigenvalue weighted by molar-refractivity contribution is 0.0514. The lowest BCUT2D eigenvalue weighted by atomic mass is 9.74. The van der Waals surface area contributed by atoms with E-state index in [9.17, 15) is 0 Å². The van der Waals surface area contributed by atoms with E-state index in [2.05, 4.69) is 32.7 Å². The molecular weight excluding hydrogens is 412 g/mol. The van der Waals surface area contributed by atoms with Gasteiger partial charge in [0.05, 0.1) is 12.2 Å². The summed E-state index contributed by atoms with van der Waals surface area (Å²) in [5.41, 5.74) is 2.96. The zero-order valence-electron chi connectivity index (χ0n) is 17.6. The third-order valence-electron chi connectivity index (χ3n) is 5.71. The molecule has 2 aromatic carbocycles. The van der Waals surface area contributed by atoms with Crippen LogP contribution in [0, 0.1) is 0 Å². The Kier molecular flexibility index (Phi) is 6.89. The molecule has 0 saturated carbocycles. The summed E-state index contributed by atoms with van der Waals surface area (Å²) in [4.78, 5) is 8.94. The number of hydrogen-bond donors (Lipinski definition) is 2. The largest absolute Gasteiger partial charge is 0.444 e. The number of aromatic nitrogens is 1. The molecule has 4 rings (SSSR count). The normalized spacial score (nSPS) is 16.1. The molecule has 1 aliphatic heterocycles. The highest BCUT2D eigenvalue weighted by Gasteiger charge is 2.34. The lowest BCUT2D eigenvalue weighted by Crippen LogP contribution is -2.47. The molecule has 0 unspecified atom stereocenters. The molecule has 2 N–H and O–H groups in total. The van der Waals surface area contributed by atoms with Crippen LogP contribution in [0.4, 0.5) is 0 Å². The standard InChI is InChI=1S/C24H27ClN4O2/c1-26-23(27-15-21-16-31-22(29-21)18-6-3-2-4-7-18)28-17-24(10-12-30-13-11-24)19-8-5-9-20(25)14-19/h2-9,14,16H,10-13,15,17H2,1H3,(H2,26,27,28). The van der Waals surface area contributed by atoms with E-state index in [0.717, 1.165) is 54.8 Å². The molecule has 31 heavy (non-hydrogen) atoms. The highest BCUT2D eigenvalue weighted by molar-refractivity contribution is 6.30. The van der Waals surface area contributed by atoms with E-state index in [1.165, 1.54) is 5.56 Å². The van der Waals surface area contributed by atoms with Crippen LogP contribution in [0.2, 0.25) is 5.02 Å². The first kappa shape index (κ1) is 21.4. The third-order valence-corrected chi connectivity index (χ3v) is 5.95. The Morgan fingerprint density at radius 1 is 1.10 bits per heavy atom. The average Bonchev–Trinajstić information content (AvgIpc) is 3.29. The lowest BCUT2D eigenvalue weighted by Gasteiger charge is -2.38. The third kappa shape index (κ3) is 5.27. The molecule has 1 aromatic heterocycles. The van der Waals surface area contributed by atoms with Crippen molar-refractivity contribution >= 4 is 17.6 Å². The summed E-state index contributed by atoms with van der Waals surface area (Å²) >= 11 is 6.28. The molecule has 0 atom stereocenters. The van der Waals surface area contributed by atoms with E-state index >= 15 is 0 Å². The van der Waals surface area contributed by atoms with Crippen LogP contribution in [0.3, 0.4) is 0 Å². The van der Waals surface area contributed by atoms with Crippen molar-refractivity contribution in [2.75, 3.05) is 26.8 Å². The maximum absolute atomic E-state index is 6.28. The van der Waals surface area contributed by atoms with Crippen LogP contribution in [0.5, 0.6) is 0 Å². The molecule has 7 heteroatoms. The minimum absolute atomic E-state index is 0.0465. The molecular formula is C24H27ClN4O2. The molecule has 6 nitrogen and oxygen atoms in total. The van der Waals surface area contributed by atoms with Gasteiger partial charge in [-0.15, -0.1) is 0 Å². The molecule has 3 aromatic rings. The quantitative estimate of drug-likeness (QED) is 0.440. The number of ether oxygens (including phenoxy) is 1. The zero-order chi connectivity index (χ0) is 21.5. The number of oxazole rings is 1. The first-order valence-corrected chi connectivity index (χ1v) is 10.8. The second kappa shape index (κ2) is 9.98. The van der Waals surface area contributed by atoms with Crippen LogP contribution in [-0.2, 0) is 16.7 Å². The van der Waals surface area contributed by atoms with Crippen LogP contribution in [0.15, 0.2) is 70.3 Å². The molecule has 2 heterocycles. The van der Waals surface area contributed by atoms with Gasteiger partial charge in [-0.25, -0.2) is 4.98 Å². The number of hydrogen-bond acceptors (Lipinski definition) is 4. The Morgan fingerprint density at radius 2 is 1.90 bits per heavy atom. The van der Waals surface area contributed by atoms with Gasteiger partial charge in [-0.2, -0.15) is 0 Å². The number of nitrogens with zero attached hydrogens (tertiary/aromatic N) is 2. The second-order valence-electron chi connectivity index (χ2n) is 7.69. The van der Waals surface area contributed by atoms with Gasteiger partial charge in [-0.1, -0.05) is 41.9 Å². The van der Waals surface area contributed by atoms with Crippen molar-refractivity contribution in [1.29, 1.82) is 0 Å². The predicted molar refractivity (Wildman–Crippen MR) is 123 cm³/mol. The number of nitrogens with one attached hydrogen (secondary N) is 2. The molecule has 0 amide bonds. The van der Waals surface area contributed by atoms with Gasteiger partial charge in [0, 0.05) is 42.8 Å². The van der Waals surface area contributed by atoms with Crippen molar-refractivity contribution in [2.45, 2.75) is 24.8 Å². The van der Waals surface area contributed by atoms with Crippen molar-refractivity contribution in [2.24, 2.45) is 4.99 Å². The minimum Gasteiger partial charge on any atom is -0.444 e. The van der Waals surface area contributed by atoms with E-state index in [1.807, 2.05) is 42.5 Å². The molecule has 0 bridgehead atoms. The van der Waals surface area contributed by atoms with E-state index in [4.69, 9.17) is 20.8 Å². The Bertz CT molecular complexity index is 1010. The Labute approximate surface area is 187 Å². The Hall–Kier alpha value is -2.83. The second-order valence-corrected chi connectivity index (χ2v) is 8.13. The molecule has 0 spiro atoms. The van der Waals surface area contributed by atoms with Crippen LogP contribution < -0.4 is 10.6 Å². The van der Waals surface area contributed by atoms with Gasteiger partial charge in [-0.3, -0.25) is 4.99 Å². The highest BCUT2D eigenvalue weighted by atomic mass is 35.5. The minimum atomic E-state index is -0.0465. The van der Waals surface area contributed by atoms with Gasteiger partial charge >= 0.3 is 0 Å². The zero-order valence-corrected chi connectivity index (χ0v) is 18.4. The Balaban J connectivity index is 1.39. The first-order valence-electron chi connectivity index (χ1n) is 10.5. The molecule has 162 valence electrons. The number of aliphatic imine (C=N–C) groups is 1. The topological polar surface area (TPSA) is 71.7 Å². The van der Waals surface area contributed by atoms with Crippen molar-refractivity contribution in [3.8, 4) is 11.5 Å². The van der Waals surface area contributed by atoms with E-state index in [0.29, 0.717) is 12.4 Å². The molecule has 1 saturated heterocycles. The van der Waals surface area contributed by atoms with Gasteiger partial charge in [0.15, 0.2) is 5.96 Å².